The molecule has 0 saturated heterocycles. The first-order valence-corrected chi connectivity index (χ1v) is 8.69. The molecule has 0 spiro atoms. The lowest BCUT2D eigenvalue weighted by molar-refractivity contribution is 0.501. The SMILES string of the molecule is CCNC(=NCc1ccc(-n2nc(C)cc2C)nc1)NCc1ccco1.I. The maximum absolute atomic E-state index is 5.33. The van der Waals surface area contributed by atoms with Crippen LogP contribution in [-0.4, -0.2) is 27.3 Å². The molecule has 3 rings (SSSR count). The van der Waals surface area contributed by atoms with E-state index in [9.17, 15) is 0 Å². The molecule has 3 aromatic heterocycles. The Kier molecular flexibility index (Phi) is 7.83. The lowest BCUT2D eigenvalue weighted by atomic mass is 10.3. The van der Waals surface area contributed by atoms with E-state index in [1.807, 2.05) is 62.0 Å². The second-order valence-electron chi connectivity index (χ2n) is 5.99. The van der Waals surface area contributed by atoms with Crippen molar-refractivity contribution in [3.63, 3.8) is 0 Å². The fraction of sp³-hybridized carbons (Fsp3) is 0.316. The van der Waals surface area contributed by atoms with E-state index in [-0.39, 0.29) is 24.0 Å². The summed E-state index contributed by atoms with van der Waals surface area (Å²) in [6.45, 7) is 7.96. The van der Waals surface area contributed by atoms with Crippen molar-refractivity contribution in [2.24, 2.45) is 4.99 Å². The molecule has 0 saturated carbocycles. The molecule has 3 aromatic rings. The first-order valence-electron chi connectivity index (χ1n) is 8.69. The van der Waals surface area contributed by atoms with E-state index < -0.39 is 0 Å². The van der Waals surface area contributed by atoms with Gasteiger partial charge in [-0.3, -0.25) is 0 Å². The molecule has 0 amide bonds. The van der Waals surface area contributed by atoms with Crippen LogP contribution in [0.2, 0.25) is 0 Å². The van der Waals surface area contributed by atoms with Crippen LogP contribution in [0.3, 0.4) is 0 Å². The van der Waals surface area contributed by atoms with Crippen molar-refractivity contribution < 1.29 is 4.42 Å². The number of nitrogens with one attached hydrogen (secondary N) is 2. The number of pyridine rings is 1. The highest BCUT2D eigenvalue weighted by molar-refractivity contribution is 14.0. The number of guanidine groups is 1. The van der Waals surface area contributed by atoms with Gasteiger partial charge in [0.1, 0.15) is 5.76 Å². The number of halogens is 1. The molecule has 8 heteroatoms. The van der Waals surface area contributed by atoms with Crippen molar-refractivity contribution in [3.8, 4) is 5.82 Å². The lowest BCUT2D eigenvalue weighted by Gasteiger charge is -2.10. The van der Waals surface area contributed by atoms with Crippen LogP contribution in [-0.2, 0) is 13.1 Å². The molecule has 144 valence electrons. The van der Waals surface area contributed by atoms with Crippen LogP contribution >= 0.6 is 24.0 Å². The molecule has 3 heterocycles. The second-order valence-corrected chi connectivity index (χ2v) is 5.99. The van der Waals surface area contributed by atoms with Gasteiger partial charge in [0, 0.05) is 18.4 Å². The molecule has 0 radical (unpaired) electrons. The molecule has 0 unspecified atom stereocenters. The van der Waals surface area contributed by atoms with Crippen molar-refractivity contribution in [1.82, 2.24) is 25.4 Å². The third-order valence-electron chi connectivity index (χ3n) is 3.81. The summed E-state index contributed by atoms with van der Waals surface area (Å²) in [5.41, 5.74) is 3.08. The van der Waals surface area contributed by atoms with E-state index >= 15 is 0 Å². The van der Waals surface area contributed by atoms with E-state index in [2.05, 4.69) is 25.7 Å². The minimum Gasteiger partial charge on any atom is -0.467 e. The largest absolute Gasteiger partial charge is 0.467 e. The predicted octanol–water partition coefficient (Wildman–Crippen LogP) is 3.35. The van der Waals surface area contributed by atoms with Gasteiger partial charge in [-0.1, -0.05) is 6.07 Å². The molecule has 0 atom stereocenters. The fourth-order valence-corrected chi connectivity index (χ4v) is 2.59. The van der Waals surface area contributed by atoms with Crippen molar-refractivity contribution in [2.45, 2.75) is 33.9 Å². The summed E-state index contributed by atoms with van der Waals surface area (Å²) in [6, 6.07) is 9.83. The minimum absolute atomic E-state index is 0. The zero-order chi connectivity index (χ0) is 18.4. The fourth-order valence-electron chi connectivity index (χ4n) is 2.59. The number of nitrogens with zero attached hydrogens (tertiary/aromatic N) is 4. The summed E-state index contributed by atoms with van der Waals surface area (Å²) in [5.74, 6) is 2.42. The number of furan rings is 1. The maximum atomic E-state index is 5.33. The zero-order valence-electron chi connectivity index (χ0n) is 15.8. The Morgan fingerprint density at radius 3 is 2.67 bits per heavy atom. The van der Waals surface area contributed by atoms with E-state index in [1.54, 1.807) is 6.26 Å². The van der Waals surface area contributed by atoms with Crippen LogP contribution in [0.25, 0.3) is 5.82 Å². The van der Waals surface area contributed by atoms with Gasteiger partial charge in [0.2, 0.25) is 0 Å². The summed E-state index contributed by atoms with van der Waals surface area (Å²) >= 11 is 0. The first kappa shape index (κ1) is 20.9. The molecular weight excluding hydrogens is 455 g/mol. The van der Waals surface area contributed by atoms with Gasteiger partial charge in [0.05, 0.1) is 25.0 Å². The van der Waals surface area contributed by atoms with Gasteiger partial charge < -0.3 is 15.1 Å². The lowest BCUT2D eigenvalue weighted by Crippen LogP contribution is -2.36. The highest BCUT2D eigenvalue weighted by atomic mass is 127. The Morgan fingerprint density at radius 2 is 2.07 bits per heavy atom. The standard InChI is InChI=1S/C19H24N6O.HI/c1-4-20-19(23-13-17-6-5-9-26-17)22-12-16-7-8-18(21-11-16)25-15(3)10-14(2)24-25;/h5-11H,4,12-13H2,1-3H3,(H2,20,22,23);1H. The van der Waals surface area contributed by atoms with Crippen molar-refractivity contribution in [3.05, 3.63) is 65.5 Å². The molecule has 27 heavy (non-hydrogen) atoms. The van der Waals surface area contributed by atoms with Gasteiger partial charge in [-0.2, -0.15) is 5.10 Å². The Bertz CT molecular complexity index is 855. The second kappa shape index (κ2) is 10.1. The van der Waals surface area contributed by atoms with Crippen LogP contribution in [0.1, 0.15) is 29.6 Å². The van der Waals surface area contributed by atoms with Gasteiger partial charge >= 0.3 is 0 Å². The molecule has 0 aliphatic rings. The minimum atomic E-state index is 0. The average molecular weight is 480 g/mol. The van der Waals surface area contributed by atoms with Crippen LogP contribution in [0.5, 0.6) is 0 Å². The summed E-state index contributed by atoms with van der Waals surface area (Å²) < 4.78 is 7.17. The van der Waals surface area contributed by atoms with E-state index in [0.717, 1.165) is 41.0 Å². The van der Waals surface area contributed by atoms with E-state index in [1.165, 1.54) is 0 Å². The third kappa shape index (κ3) is 5.81. The first-order chi connectivity index (χ1) is 12.7. The summed E-state index contributed by atoms with van der Waals surface area (Å²) in [7, 11) is 0. The van der Waals surface area contributed by atoms with E-state index in [0.29, 0.717) is 13.1 Å². The topological polar surface area (TPSA) is 80.3 Å². The highest BCUT2D eigenvalue weighted by Crippen LogP contribution is 2.10. The van der Waals surface area contributed by atoms with Crippen LogP contribution in [0, 0.1) is 13.8 Å². The van der Waals surface area contributed by atoms with Crippen molar-refractivity contribution >= 4 is 29.9 Å². The van der Waals surface area contributed by atoms with Crippen molar-refractivity contribution in [2.75, 3.05) is 6.54 Å². The Hall–Kier alpha value is -2.36. The van der Waals surface area contributed by atoms with Gasteiger partial charge in [-0.15, -0.1) is 24.0 Å². The van der Waals surface area contributed by atoms with Gasteiger partial charge in [0.25, 0.3) is 0 Å². The molecule has 0 fully saturated rings. The van der Waals surface area contributed by atoms with Crippen LogP contribution in [0.4, 0.5) is 0 Å². The Labute approximate surface area is 176 Å². The summed E-state index contributed by atoms with van der Waals surface area (Å²) in [4.78, 5) is 9.11. The number of aryl methyl sites for hydroxylation is 2. The molecule has 0 bridgehead atoms. The smallest absolute Gasteiger partial charge is 0.191 e. The number of aromatic nitrogens is 3. The van der Waals surface area contributed by atoms with Gasteiger partial charge in [0.15, 0.2) is 11.8 Å². The molecule has 0 aromatic carbocycles. The number of rotatable bonds is 6. The Morgan fingerprint density at radius 1 is 1.22 bits per heavy atom. The molecule has 0 aliphatic carbocycles. The number of aliphatic imine (C=N–C) groups is 1. The van der Waals surface area contributed by atoms with E-state index in [4.69, 9.17) is 4.42 Å². The summed E-state index contributed by atoms with van der Waals surface area (Å²) in [5, 5.41) is 10.9. The monoisotopic (exact) mass is 480 g/mol. The van der Waals surface area contributed by atoms with Crippen LogP contribution in [0.15, 0.2) is 52.2 Å². The maximum Gasteiger partial charge on any atom is 0.191 e. The molecule has 0 aliphatic heterocycles. The average Bonchev–Trinajstić information content (AvgIpc) is 3.27. The molecule has 2 N–H and O–H groups in total. The highest BCUT2D eigenvalue weighted by Gasteiger charge is 2.05. The number of hydrogen-bond acceptors (Lipinski definition) is 4. The normalized spacial score (nSPS) is 11.1. The quantitative estimate of drug-likeness (QED) is 0.322. The predicted molar refractivity (Wildman–Crippen MR) is 117 cm³/mol. The zero-order valence-corrected chi connectivity index (χ0v) is 18.1. The van der Waals surface area contributed by atoms with Gasteiger partial charge in [-0.05, 0) is 50.6 Å². The number of hydrogen-bond donors (Lipinski definition) is 2. The Balaban J connectivity index is 0.00000261. The summed E-state index contributed by atoms with van der Waals surface area (Å²) in [6.07, 6.45) is 3.50. The van der Waals surface area contributed by atoms with Crippen molar-refractivity contribution in [1.29, 1.82) is 0 Å². The van der Waals surface area contributed by atoms with Crippen LogP contribution < -0.4 is 10.6 Å². The third-order valence-corrected chi connectivity index (χ3v) is 3.81. The van der Waals surface area contributed by atoms with Gasteiger partial charge in [-0.25, -0.2) is 14.7 Å². The molecular formula is C19H25IN6O. The molecule has 7 nitrogen and oxygen atoms in total.